The van der Waals surface area contributed by atoms with Crippen molar-refractivity contribution < 1.29 is 0 Å². The molecule has 0 bridgehead atoms. The number of hydrogen-bond donors (Lipinski definition) is 0. The zero-order valence-corrected chi connectivity index (χ0v) is 15.2. The third-order valence-electron chi connectivity index (χ3n) is 1.51. The maximum Gasteiger partial charge on any atom is 0.232 e. The van der Waals surface area contributed by atoms with Crippen LogP contribution in [0, 0.1) is 0 Å². The Morgan fingerprint density at radius 2 is 1.56 bits per heavy atom. The summed E-state index contributed by atoms with van der Waals surface area (Å²) in [5.41, 5.74) is 0. The van der Waals surface area contributed by atoms with Crippen LogP contribution < -0.4 is 0 Å². The van der Waals surface area contributed by atoms with Gasteiger partial charge in [0.05, 0.1) is 0 Å². The van der Waals surface area contributed by atoms with Crippen LogP contribution in [-0.4, -0.2) is 31.6 Å². The molecular weight excluding hydrogens is 337 g/mol. The first-order valence-corrected chi connectivity index (χ1v) is 12.6. The predicted octanol–water partition coefficient (Wildman–Crippen LogP) is 5.55. The summed E-state index contributed by atoms with van der Waals surface area (Å²) in [5.74, 6) is 1.06. The lowest BCUT2D eigenvalue weighted by molar-refractivity contribution is 1.01. The first-order chi connectivity index (χ1) is 7.66. The quantitative estimate of drug-likeness (QED) is 0.438. The molecule has 1 rings (SSSR count). The van der Waals surface area contributed by atoms with Crippen LogP contribution in [0.1, 0.15) is 6.92 Å². The fourth-order valence-electron chi connectivity index (χ4n) is 0.986. The summed E-state index contributed by atoms with van der Waals surface area (Å²) in [6.07, 6.45) is 6.29. The van der Waals surface area contributed by atoms with E-state index in [1.807, 2.05) is 23.5 Å². The van der Waals surface area contributed by atoms with Crippen LogP contribution in [0.25, 0.3) is 0 Å². The first-order valence-electron chi connectivity index (χ1n) is 4.43. The van der Waals surface area contributed by atoms with Gasteiger partial charge in [-0.05, 0) is 46.1 Å². The average molecular weight is 351 g/mol. The lowest BCUT2D eigenvalue weighted by atomic mass is 11.0. The fraction of sp³-hybridized carbons (Fsp3) is 1.00. The van der Waals surface area contributed by atoms with Gasteiger partial charge >= 0.3 is 0 Å². The molecule has 0 spiro atoms. The Morgan fingerprint density at radius 3 is 2.06 bits per heavy atom. The van der Waals surface area contributed by atoms with E-state index >= 15 is 0 Å². The molecule has 0 aromatic rings. The van der Waals surface area contributed by atoms with Gasteiger partial charge < -0.3 is 0 Å². The molecule has 0 saturated heterocycles. The second-order valence-electron chi connectivity index (χ2n) is 2.49. The van der Waals surface area contributed by atoms with Crippen LogP contribution in [0.4, 0.5) is 0 Å². The number of nitrogens with zero attached hydrogens (tertiary/aromatic N) is 2. The van der Waals surface area contributed by atoms with E-state index in [2.05, 4.69) is 35.9 Å². The molecule has 2 nitrogen and oxygen atoms in total. The largest absolute Gasteiger partial charge is 0.232 e. The van der Waals surface area contributed by atoms with Gasteiger partial charge in [0.25, 0.3) is 0 Å². The molecule has 1 aliphatic rings. The minimum Gasteiger partial charge on any atom is -0.149 e. The molecule has 2 unspecified atom stereocenters. The Balaban J connectivity index is 2.75. The maximum absolute atomic E-state index is 4.53. The highest BCUT2D eigenvalue weighted by molar-refractivity contribution is 8.83. The van der Waals surface area contributed by atoms with Gasteiger partial charge in [-0.25, -0.2) is 0 Å². The average Bonchev–Trinajstić information content (AvgIpc) is 2.60. The minimum atomic E-state index is -0.162. The number of thioether (sulfide) groups is 3. The molecule has 0 aromatic heterocycles. The van der Waals surface area contributed by atoms with Crippen molar-refractivity contribution in [2.45, 2.75) is 14.0 Å². The molecule has 0 saturated carbocycles. The van der Waals surface area contributed by atoms with Crippen molar-refractivity contribution in [3.8, 4) is 0 Å². The van der Waals surface area contributed by atoms with E-state index in [4.69, 9.17) is 0 Å². The van der Waals surface area contributed by atoms with Crippen molar-refractivity contribution in [3.05, 3.63) is 0 Å². The van der Waals surface area contributed by atoms with Gasteiger partial charge in [0.1, 0.15) is 0 Å². The van der Waals surface area contributed by atoms with E-state index in [0.29, 0.717) is 0 Å². The molecular formula is C7H14N2S7. The molecule has 1 aliphatic heterocycles. The Labute approximate surface area is 126 Å². The van der Waals surface area contributed by atoms with E-state index in [-0.39, 0.29) is 7.07 Å². The van der Waals surface area contributed by atoms with E-state index in [1.165, 1.54) is 0 Å². The van der Waals surface area contributed by atoms with E-state index in [9.17, 15) is 0 Å². The highest BCUT2D eigenvalue weighted by atomic mass is 33.1. The van der Waals surface area contributed by atoms with Gasteiger partial charge in [-0.1, -0.05) is 40.3 Å². The molecule has 0 radical (unpaired) electrons. The first kappa shape index (κ1) is 16.1. The molecule has 0 N–H and O–H groups in total. The summed E-state index contributed by atoms with van der Waals surface area (Å²) in [4.78, 5) is 0. The molecule has 9 heteroatoms. The highest BCUT2D eigenvalue weighted by Crippen LogP contribution is 2.67. The van der Waals surface area contributed by atoms with Gasteiger partial charge in [0.15, 0.2) is 0 Å². The zero-order chi connectivity index (χ0) is 12.1. The van der Waals surface area contributed by atoms with Gasteiger partial charge in [-0.2, -0.15) is 0 Å². The van der Waals surface area contributed by atoms with E-state index < -0.39 is 0 Å². The van der Waals surface area contributed by atoms with Crippen LogP contribution in [0.15, 0.2) is 10.2 Å². The summed E-state index contributed by atoms with van der Waals surface area (Å²) in [6.45, 7) is 2.17. The molecule has 0 aliphatic carbocycles. The summed E-state index contributed by atoms with van der Waals surface area (Å²) in [5, 5.41) is 9.03. The van der Waals surface area contributed by atoms with E-state index in [1.54, 1.807) is 54.9 Å². The third kappa shape index (κ3) is 4.03. The summed E-state index contributed by atoms with van der Waals surface area (Å²) in [6, 6.07) is 0. The molecule has 1 heterocycles. The summed E-state index contributed by atoms with van der Waals surface area (Å²) < 4.78 is -0.315. The third-order valence-corrected chi connectivity index (χ3v) is 11.9. The lowest BCUT2D eigenvalue weighted by Crippen LogP contribution is -2.14. The van der Waals surface area contributed by atoms with Gasteiger partial charge in [0, 0.05) is 0 Å². The zero-order valence-electron chi connectivity index (χ0n) is 9.46. The van der Waals surface area contributed by atoms with Gasteiger partial charge in [-0.15, -0.1) is 33.8 Å². The molecule has 2 atom stereocenters. The molecule has 0 amide bonds. The van der Waals surface area contributed by atoms with Gasteiger partial charge in [0.2, 0.25) is 7.07 Å². The Morgan fingerprint density at radius 1 is 1.00 bits per heavy atom. The number of azo groups is 1. The Bertz CT molecular complexity index is 243. The second kappa shape index (κ2) is 7.59. The lowest BCUT2D eigenvalue weighted by Gasteiger charge is -2.25. The van der Waals surface area contributed by atoms with Crippen molar-refractivity contribution in [1.82, 2.24) is 0 Å². The van der Waals surface area contributed by atoms with Crippen molar-refractivity contribution in [2.24, 2.45) is 10.2 Å². The van der Waals surface area contributed by atoms with Crippen LogP contribution in [-0.2, 0) is 0 Å². The van der Waals surface area contributed by atoms with Crippen LogP contribution in [0.2, 0.25) is 0 Å². The SMILES string of the molecule is CCSC1(SSC)N=NC(SC)(SSC)S1. The number of hydrogen-bond acceptors (Lipinski definition) is 9. The summed E-state index contributed by atoms with van der Waals surface area (Å²) >= 11 is 5.49. The van der Waals surface area contributed by atoms with Crippen molar-refractivity contribution >= 4 is 78.5 Å². The summed E-state index contributed by atoms with van der Waals surface area (Å²) in [7, 11) is 7.11. The molecule has 0 aromatic carbocycles. The van der Waals surface area contributed by atoms with E-state index in [0.717, 1.165) is 5.75 Å². The van der Waals surface area contributed by atoms with Crippen LogP contribution in [0.5, 0.6) is 0 Å². The molecule has 0 fully saturated rings. The fourth-order valence-corrected chi connectivity index (χ4v) is 12.3. The molecule has 94 valence electrons. The second-order valence-corrected chi connectivity index (χ2v) is 13.1. The topological polar surface area (TPSA) is 24.7 Å². The predicted molar refractivity (Wildman–Crippen MR) is 91.8 cm³/mol. The van der Waals surface area contributed by atoms with Crippen LogP contribution >= 0.6 is 78.5 Å². The minimum absolute atomic E-state index is 0.153. The van der Waals surface area contributed by atoms with Crippen molar-refractivity contribution in [1.29, 1.82) is 0 Å². The Kier molecular flexibility index (Phi) is 7.64. The smallest absolute Gasteiger partial charge is 0.149 e. The monoisotopic (exact) mass is 350 g/mol. The van der Waals surface area contributed by atoms with Crippen molar-refractivity contribution in [3.63, 3.8) is 0 Å². The maximum atomic E-state index is 4.53. The highest BCUT2D eigenvalue weighted by Gasteiger charge is 2.49. The molecule has 16 heavy (non-hydrogen) atoms. The van der Waals surface area contributed by atoms with Crippen LogP contribution in [0.3, 0.4) is 0 Å². The normalized spacial score (nSPS) is 33.5. The van der Waals surface area contributed by atoms with Crippen molar-refractivity contribution in [2.75, 3.05) is 24.5 Å². The Hall–Kier alpha value is 2.05. The number of rotatable bonds is 7. The standard InChI is InChI=1S/C7H14N2S7/c1-5-13-7(16-12-4)9-8-6(10-2,14-7)15-11-3/h5H2,1-4H3. The van der Waals surface area contributed by atoms with Gasteiger partial charge in [-0.3, -0.25) is 0 Å².